The Bertz CT molecular complexity index is 376. The number of nitrogens with zero attached hydrogens (tertiary/aromatic N) is 1. The summed E-state index contributed by atoms with van der Waals surface area (Å²) in [5.41, 5.74) is 0.682. The van der Waals surface area contributed by atoms with Crippen LogP contribution in [0.2, 0.25) is 0 Å². The molecule has 0 saturated heterocycles. The number of halogens is 3. The van der Waals surface area contributed by atoms with Crippen LogP contribution in [0, 0.1) is 0 Å². The molecule has 1 aromatic rings. The molecule has 0 amide bonds. The van der Waals surface area contributed by atoms with Gasteiger partial charge in [-0.2, -0.15) is 13.2 Å². The average Bonchev–Trinajstić information content (AvgIpc) is 2.35. The van der Waals surface area contributed by atoms with Gasteiger partial charge in [0.1, 0.15) is 0 Å². The molecule has 0 aliphatic rings. The highest BCUT2D eigenvalue weighted by atomic mass is 19.4. The number of hydrogen-bond acceptors (Lipinski definition) is 2. The Kier molecular flexibility index (Phi) is 6.49. The van der Waals surface area contributed by atoms with E-state index in [4.69, 9.17) is 0 Å². The summed E-state index contributed by atoms with van der Waals surface area (Å²) in [6, 6.07) is 8.17. The number of nitrogens with one attached hydrogen (secondary N) is 1. The monoisotopic (exact) mass is 288 g/mol. The highest BCUT2D eigenvalue weighted by Crippen LogP contribution is 2.29. The quantitative estimate of drug-likeness (QED) is 0.824. The van der Waals surface area contributed by atoms with Crippen LogP contribution in [0.25, 0.3) is 0 Å². The smallest absolute Gasteiger partial charge is 0.309 e. The third-order valence-electron chi connectivity index (χ3n) is 3.13. The molecule has 2 nitrogen and oxygen atoms in total. The molecular formula is C15H23F3N2. The normalized spacial score (nSPS) is 15.3. The number of rotatable bonds is 7. The Balaban J connectivity index is 2.68. The van der Waals surface area contributed by atoms with Gasteiger partial charge in [0.25, 0.3) is 0 Å². The van der Waals surface area contributed by atoms with E-state index in [2.05, 4.69) is 5.32 Å². The number of alkyl halides is 3. The molecule has 2 unspecified atom stereocenters. The maximum absolute atomic E-state index is 12.7. The Morgan fingerprint density at radius 3 is 2.25 bits per heavy atom. The molecule has 0 bridgehead atoms. The minimum Gasteiger partial charge on any atom is -0.309 e. The van der Waals surface area contributed by atoms with Crippen molar-refractivity contribution in [2.24, 2.45) is 0 Å². The van der Waals surface area contributed by atoms with E-state index in [1.54, 1.807) is 24.3 Å². The summed E-state index contributed by atoms with van der Waals surface area (Å²) in [6.45, 7) is 2.78. The maximum Gasteiger partial charge on any atom is 0.390 e. The molecule has 2 atom stereocenters. The lowest BCUT2D eigenvalue weighted by Crippen LogP contribution is -2.35. The molecule has 5 heteroatoms. The van der Waals surface area contributed by atoms with Crippen molar-refractivity contribution >= 4 is 0 Å². The molecule has 0 radical (unpaired) electrons. The molecule has 0 spiro atoms. The van der Waals surface area contributed by atoms with E-state index in [1.165, 1.54) is 0 Å². The highest BCUT2D eigenvalue weighted by Gasteiger charge is 2.33. The summed E-state index contributed by atoms with van der Waals surface area (Å²) in [6.07, 6.45) is -4.20. The number of benzene rings is 1. The Labute approximate surface area is 119 Å². The first-order valence-electron chi connectivity index (χ1n) is 6.80. The Morgan fingerprint density at radius 1 is 1.15 bits per heavy atom. The van der Waals surface area contributed by atoms with E-state index in [9.17, 15) is 13.2 Å². The van der Waals surface area contributed by atoms with Crippen LogP contribution in [-0.2, 0) is 0 Å². The molecule has 20 heavy (non-hydrogen) atoms. The fourth-order valence-corrected chi connectivity index (χ4v) is 2.07. The second-order valence-corrected chi connectivity index (χ2v) is 5.44. The molecule has 0 fully saturated rings. The summed E-state index contributed by atoms with van der Waals surface area (Å²) in [5.74, 6) is 0. The first-order valence-corrected chi connectivity index (χ1v) is 6.80. The first-order chi connectivity index (χ1) is 9.28. The third-order valence-corrected chi connectivity index (χ3v) is 3.13. The van der Waals surface area contributed by atoms with Crippen molar-refractivity contribution in [3.05, 3.63) is 35.9 Å². The third kappa shape index (κ3) is 6.91. The van der Waals surface area contributed by atoms with Crippen LogP contribution in [0.5, 0.6) is 0 Å². The van der Waals surface area contributed by atoms with Gasteiger partial charge in [0.15, 0.2) is 0 Å². The molecule has 1 aromatic carbocycles. The summed E-state index contributed by atoms with van der Waals surface area (Å²) >= 11 is 0. The predicted molar refractivity (Wildman–Crippen MR) is 75.6 cm³/mol. The standard InChI is InChI=1S/C15H23F3N2/c1-12(9-10-20(2)3)19-14(11-15(16,17)18)13-7-5-4-6-8-13/h4-8,12,14,19H,9-11H2,1-3H3. The number of hydrogen-bond donors (Lipinski definition) is 1. The van der Waals surface area contributed by atoms with Crippen LogP contribution < -0.4 is 5.32 Å². The molecule has 0 aromatic heterocycles. The van der Waals surface area contributed by atoms with Crippen LogP contribution in [0.15, 0.2) is 30.3 Å². The van der Waals surface area contributed by atoms with E-state index in [0.29, 0.717) is 5.56 Å². The van der Waals surface area contributed by atoms with Gasteiger partial charge in [-0.25, -0.2) is 0 Å². The van der Waals surface area contributed by atoms with E-state index in [0.717, 1.165) is 13.0 Å². The second kappa shape index (κ2) is 7.64. The summed E-state index contributed by atoms with van der Waals surface area (Å²) in [7, 11) is 3.91. The molecular weight excluding hydrogens is 265 g/mol. The zero-order chi connectivity index (χ0) is 15.2. The Morgan fingerprint density at radius 2 is 1.75 bits per heavy atom. The fourth-order valence-electron chi connectivity index (χ4n) is 2.07. The minimum absolute atomic E-state index is 0.0324. The van der Waals surface area contributed by atoms with Crippen molar-refractivity contribution in [2.45, 2.75) is 38.0 Å². The second-order valence-electron chi connectivity index (χ2n) is 5.44. The topological polar surface area (TPSA) is 15.3 Å². The van der Waals surface area contributed by atoms with Gasteiger partial charge >= 0.3 is 6.18 Å². The van der Waals surface area contributed by atoms with E-state index >= 15 is 0 Å². The van der Waals surface area contributed by atoms with E-state index < -0.39 is 18.6 Å². The average molecular weight is 288 g/mol. The van der Waals surface area contributed by atoms with Crippen LogP contribution in [0.3, 0.4) is 0 Å². The van der Waals surface area contributed by atoms with Gasteiger partial charge in [0, 0.05) is 12.1 Å². The lowest BCUT2D eigenvalue weighted by molar-refractivity contribution is -0.140. The largest absolute Gasteiger partial charge is 0.390 e. The highest BCUT2D eigenvalue weighted by molar-refractivity contribution is 5.19. The zero-order valence-electron chi connectivity index (χ0n) is 12.2. The molecule has 0 saturated carbocycles. The van der Waals surface area contributed by atoms with Crippen molar-refractivity contribution in [3.8, 4) is 0 Å². The lowest BCUT2D eigenvalue weighted by atomic mass is 10.0. The molecule has 114 valence electrons. The molecule has 1 rings (SSSR count). The molecule has 0 heterocycles. The SMILES string of the molecule is CC(CCN(C)C)NC(CC(F)(F)F)c1ccccc1. The van der Waals surface area contributed by atoms with Crippen LogP contribution in [0.4, 0.5) is 13.2 Å². The van der Waals surface area contributed by atoms with E-state index in [-0.39, 0.29) is 6.04 Å². The van der Waals surface area contributed by atoms with Gasteiger partial charge in [-0.1, -0.05) is 30.3 Å². The van der Waals surface area contributed by atoms with Gasteiger partial charge < -0.3 is 10.2 Å². The van der Waals surface area contributed by atoms with Crippen molar-refractivity contribution in [3.63, 3.8) is 0 Å². The predicted octanol–water partition coefficient (Wildman–Crippen LogP) is 3.61. The van der Waals surface area contributed by atoms with Crippen molar-refractivity contribution in [1.29, 1.82) is 0 Å². The van der Waals surface area contributed by atoms with Gasteiger partial charge in [-0.3, -0.25) is 0 Å². The maximum atomic E-state index is 12.7. The van der Waals surface area contributed by atoms with Crippen molar-refractivity contribution in [1.82, 2.24) is 10.2 Å². The molecule has 0 aliphatic carbocycles. The molecule has 0 aliphatic heterocycles. The van der Waals surface area contributed by atoms with Gasteiger partial charge in [-0.05, 0) is 39.5 Å². The zero-order valence-corrected chi connectivity index (χ0v) is 12.2. The molecule has 1 N–H and O–H groups in total. The Hall–Kier alpha value is -1.07. The first kappa shape index (κ1) is 17.0. The van der Waals surface area contributed by atoms with Crippen LogP contribution >= 0.6 is 0 Å². The summed E-state index contributed by atoms with van der Waals surface area (Å²) in [5, 5.41) is 3.10. The van der Waals surface area contributed by atoms with Crippen molar-refractivity contribution in [2.75, 3.05) is 20.6 Å². The van der Waals surface area contributed by atoms with Crippen molar-refractivity contribution < 1.29 is 13.2 Å². The van der Waals surface area contributed by atoms with Gasteiger partial charge in [-0.15, -0.1) is 0 Å². The van der Waals surface area contributed by atoms with Crippen LogP contribution in [0.1, 0.15) is 31.4 Å². The lowest BCUT2D eigenvalue weighted by Gasteiger charge is -2.25. The fraction of sp³-hybridized carbons (Fsp3) is 0.600. The van der Waals surface area contributed by atoms with Crippen LogP contribution in [-0.4, -0.2) is 37.8 Å². The minimum atomic E-state index is -4.17. The van der Waals surface area contributed by atoms with Gasteiger partial charge in [0.2, 0.25) is 0 Å². The van der Waals surface area contributed by atoms with Gasteiger partial charge in [0.05, 0.1) is 6.42 Å². The van der Waals surface area contributed by atoms with E-state index in [1.807, 2.05) is 32.0 Å². The summed E-state index contributed by atoms with van der Waals surface area (Å²) < 4.78 is 38.1. The summed E-state index contributed by atoms with van der Waals surface area (Å²) in [4.78, 5) is 2.03.